The van der Waals surface area contributed by atoms with Gasteiger partial charge < -0.3 is 9.47 Å². The fourth-order valence-corrected chi connectivity index (χ4v) is 2.49. The zero-order valence-electron chi connectivity index (χ0n) is 11.2. The Kier molecular flexibility index (Phi) is 5.61. The van der Waals surface area contributed by atoms with Crippen molar-refractivity contribution in [2.75, 3.05) is 20.3 Å². The number of carbonyl (C=O) groups is 1. The van der Waals surface area contributed by atoms with Gasteiger partial charge >= 0.3 is 12.1 Å². The molecule has 112 valence electrons. The fraction of sp³-hybridized carbons (Fsp3) is 0.917. The molecule has 0 aliphatic heterocycles. The average Bonchev–Trinajstić information content (AvgIpc) is 2.36. The maximum absolute atomic E-state index is 12.4. The molecule has 2 unspecified atom stereocenters. The first-order chi connectivity index (χ1) is 8.85. The molecule has 0 bridgehead atoms. The third-order valence-corrected chi connectivity index (χ3v) is 3.37. The SMILES string of the molecule is CCOC(=O)C1(NCC(F)(F)F)CCCCC1OC. The first kappa shape index (κ1) is 16.2. The summed E-state index contributed by atoms with van der Waals surface area (Å²) in [7, 11) is 1.40. The van der Waals surface area contributed by atoms with Crippen LogP contribution in [-0.2, 0) is 14.3 Å². The summed E-state index contributed by atoms with van der Waals surface area (Å²) in [5.41, 5.74) is -1.39. The second kappa shape index (κ2) is 6.56. The molecule has 0 aromatic carbocycles. The molecule has 2 atom stereocenters. The third-order valence-electron chi connectivity index (χ3n) is 3.37. The van der Waals surface area contributed by atoms with E-state index >= 15 is 0 Å². The van der Waals surface area contributed by atoms with Crippen LogP contribution in [0, 0.1) is 0 Å². The number of nitrogens with one attached hydrogen (secondary N) is 1. The monoisotopic (exact) mass is 283 g/mol. The van der Waals surface area contributed by atoms with Crippen LogP contribution in [0.4, 0.5) is 13.2 Å². The van der Waals surface area contributed by atoms with E-state index in [1.54, 1.807) is 6.92 Å². The van der Waals surface area contributed by atoms with Crippen LogP contribution in [0.3, 0.4) is 0 Å². The van der Waals surface area contributed by atoms with Gasteiger partial charge in [-0.1, -0.05) is 12.8 Å². The molecule has 1 saturated carbocycles. The zero-order chi connectivity index (χ0) is 14.5. The third kappa shape index (κ3) is 4.07. The number of hydrogen-bond donors (Lipinski definition) is 1. The maximum atomic E-state index is 12.4. The van der Waals surface area contributed by atoms with Crippen LogP contribution in [0.15, 0.2) is 0 Å². The number of esters is 1. The van der Waals surface area contributed by atoms with E-state index in [4.69, 9.17) is 9.47 Å². The van der Waals surface area contributed by atoms with E-state index in [1.807, 2.05) is 0 Å². The van der Waals surface area contributed by atoms with Gasteiger partial charge in [-0.3, -0.25) is 5.32 Å². The van der Waals surface area contributed by atoms with Gasteiger partial charge in [-0.15, -0.1) is 0 Å². The van der Waals surface area contributed by atoms with Crippen molar-refractivity contribution < 1.29 is 27.4 Å². The predicted octanol–water partition coefficient (Wildman–Crippen LogP) is 2.03. The highest BCUT2D eigenvalue weighted by Crippen LogP contribution is 2.32. The number of alkyl halides is 3. The van der Waals surface area contributed by atoms with Gasteiger partial charge in [0.05, 0.1) is 19.3 Å². The Hall–Kier alpha value is -0.820. The lowest BCUT2D eigenvalue weighted by Gasteiger charge is -2.41. The summed E-state index contributed by atoms with van der Waals surface area (Å²) in [6, 6.07) is 0. The molecule has 0 aromatic rings. The number of hydrogen-bond acceptors (Lipinski definition) is 4. The normalized spacial score (nSPS) is 28.2. The molecule has 0 radical (unpaired) electrons. The molecular weight excluding hydrogens is 263 g/mol. The Morgan fingerprint density at radius 2 is 2.11 bits per heavy atom. The zero-order valence-corrected chi connectivity index (χ0v) is 11.2. The summed E-state index contributed by atoms with van der Waals surface area (Å²) in [6.07, 6.45) is -2.64. The van der Waals surface area contributed by atoms with Crippen LogP contribution >= 0.6 is 0 Å². The highest BCUT2D eigenvalue weighted by Gasteiger charge is 2.50. The number of ether oxygens (including phenoxy) is 2. The van der Waals surface area contributed by atoms with E-state index in [1.165, 1.54) is 7.11 Å². The second-order valence-corrected chi connectivity index (χ2v) is 4.63. The van der Waals surface area contributed by atoms with Crippen LogP contribution in [0.5, 0.6) is 0 Å². The average molecular weight is 283 g/mol. The standard InChI is InChI=1S/C12H20F3NO3/c1-3-19-10(17)11(16-8-12(13,14)15)7-5-4-6-9(11)18-2/h9,16H,3-8H2,1-2H3. The largest absolute Gasteiger partial charge is 0.465 e. The minimum Gasteiger partial charge on any atom is -0.465 e. The molecule has 0 spiro atoms. The van der Waals surface area contributed by atoms with Crippen molar-refractivity contribution >= 4 is 5.97 Å². The minimum absolute atomic E-state index is 0.130. The van der Waals surface area contributed by atoms with Crippen LogP contribution in [0.2, 0.25) is 0 Å². The molecule has 4 nitrogen and oxygen atoms in total. The van der Waals surface area contributed by atoms with Gasteiger partial charge in [0.1, 0.15) is 5.54 Å². The lowest BCUT2D eigenvalue weighted by Crippen LogP contribution is -2.64. The topological polar surface area (TPSA) is 47.6 Å². The lowest BCUT2D eigenvalue weighted by atomic mass is 9.78. The molecule has 1 N–H and O–H groups in total. The van der Waals surface area contributed by atoms with Crippen molar-refractivity contribution in [2.45, 2.75) is 50.4 Å². The van der Waals surface area contributed by atoms with Crippen molar-refractivity contribution in [3.8, 4) is 0 Å². The van der Waals surface area contributed by atoms with Crippen molar-refractivity contribution in [3.05, 3.63) is 0 Å². The summed E-state index contributed by atoms with van der Waals surface area (Å²) in [6.45, 7) is 0.524. The molecule has 1 aliphatic rings. The Morgan fingerprint density at radius 1 is 1.42 bits per heavy atom. The van der Waals surface area contributed by atoms with E-state index in [-0.39, 0.29) is 6.61 Å². The summed E-state index contributed by atoms with van der Waals surface area (Å²) < 4.78 is 47.4. The Bertz CT molecular complexity index is 309. The molecule has 19 heavy (non-hydrogen) atoms. The molecular formula is C12H20F3NO3. The van der Waals surface area contributed by atoms with Gasteiger partial charge in [-0.2, -0.15) is 13.2 Å². The summed E-state index contributed by atoms with van der Waals surface area (Å²) >= 11 is 0. The Balaban J connectivity index is 2.90. The second-order valence-electron chi connectivity index (χ2n) is 4.63. The smallest absolute Gasteiger partial charge is 0.401 e. The van der Waals surface area contributed by atoms with Gasteiger partial charge in [-0.25, -0.2) is 4.79 Å². The first-order valence-corrected chi connectivity index (χ1v) is 6.37. The molecule has 0 saturated heterocycles. The van der Waals surface area contributed by atoms with Crippen LogP contribution in [-0.4, -0.2) is 44.0 Å². The van der Waals surface area contributed by atoms with Gasteiger partial charge in [-0.05, 0) is 19.8 Å². The van der Waals surface area contributed by atoms with E-state index < -0.39 is 30.3 Å². The minimum atomic E-state index is -4.38. The van der Waals surface area contributed by atoms with E-state index in [0.717, 1.165) is 6.42 Å². The van der Waals surface area contributed by atoms with Crippen molar-refractivity contribution in [1.29, 1.82) is 0 Å². The van der Waals surface area contributed by atoms with Gasteiger partial charge in [0.2, 0.25) is 0 Å². The number of rotatable bonds is 5. The molecule has 7 heteroatoms. The van der Waals surface area contributed by atoms with Crippen molar-refractivity contribution in [1.82, 2.24) is 5.32 Å². The molecule has 1 aliphatic carbocycles. The maximum Gasteiger partial charge on any atom is 0.401 e. The number of halogens is 3. The van der Waals surface area contributed by atoms with Gasteiger partial charge in [0, 0.05) is 7.11 Å². The highest BCUT2D eigenvalue weighted by atomic mass is 19.4. The van der Waals surface area contributed by atoms with Gasteiger partial charge in [0.15, 0.2) is 0 Å². The first-order valence-electron chi connectivity index (χ1n) is 6.37. The molecule has 0 heterocycles. The number of methoxy groups -OCH3 is 1. The van der Waals surface area contributed by atoms with E-state index in [9.17, 15) is 18.0 Å². The molecule has 0 aromatic heterocycles. The van der Waals surface area contributed by atoms with Gasteiger partial charge in [0.25, 0.3) is 0 Å². The van der Waals surface area contributed by atoms with Crippen molar-refractivity contribution in [3.63, 3.8) is 0 Å². The molecule has 0 amide bonds. The van der Waals surface area contributed by atoms with E-state index in [0.29, 0.717) is 19.3 Å². The van der Waals surface area contributed by atoms with E-state index in [2.05, 4.69) is 5.32 Å². The molecule has 1 rings (SSSR count). The summed E-state index contributed by atoms with van der Waals surface area (Å²) in [4.78, 5) is 12.1. The lowest BCUT2D eigenvalue weighted by molar-refractivity contribution is -0.167. The van der Waals surface area contributed by atoms with Crippen LogP contribution in [0.1, 0.15) is 32.6 Å². The van der Waals surface area contributed by atoms with Crippen LogP contribution < -0.4 is 5.32 Å². The van der Waals surface area contributed by atoms with Crippen LogP contribution in [0.25, 0.3) is 0 Å². The summed E-state index contributed by atoms with van der Waals surface area (Å²) in [5, 5.41) is 2.34. The summed E-state index contributed by atoms with van der Waals surface area (Å²) in [5.74, 6) is -0.661. The predicted molar refractivity (Wildman–Crippen MR) is 62.7 cm³/mol. The highest BCUT2D eigenvalue weighted by molar-refractivity contribution is 5.82. The molecule has 1 fully saturated rings. The quantitative estimate of drug-likeness (QED) is 0.784. The number of carbonyl (C=O) groups excluding carboxylic acids is 1. The fourth-order valence-electron chi connectivity index (χ4n) is 2.49. The van der Waals surface area contributed by atoms with Crippen molar-refractivity contribution in [2.24, 2.45) is 0 Å². The Morgan fingerprint density at radius 3 is 2.63 bits per heavy atom. The Labute approximate surface area is 110 Å².